The average molecular weight is 207 g/mol. The normalized spacial score (nSPS) is 16.8. The van der Waals surface area contributed by atoms with Crippen LogP contribution in [0.5, 0.6) is 0 Å². The summed E-state index contributed by atoms with van der Waals surface area (Å²) in [6.07, 6.45) is 5.73. The Kier molecular flexibility index (Phi) is 1.87. The van der Waals surface area contributed by atoms with E-state index in [0.29, 0.717) is 5.57 Å². The van der Waals surface area contributed by atoms with E-state index in [9.17, 15) is 0 Å². The third-order valence-corrected chi connectivity index (χ3v) is 2.76. The van der Waals surface area contributed by atoms with Crippen molar-refractivity contribution in [2.24, 2.45) is 4.99 Å². The maximum atomic E-state index is 8.97. The number of allylic oxidation sites excluding steroid dienone is 1. The molecule has 0 saturated carbocycles. The van der Waals surface area contributed by atoms with E-state index in [-0.39, 0.29) is 0 Å². The fourth-order valence-electron chi connectivity index (χ4n) is 1.93. The van der Waals surface area contributed by atoms with Crippen LogP contribution in [-0.2, 0) is 0 Å². The van der Waals surface area contributed by atoms with Gasteiger partial charge in [0.1, 0.15) is 6.07 Å². The highest BCUT2D eigenvalue weighted by Crippen LogP contribution is 2.22. The summed E-state index contributed by atoms with van der Waals surface area (Å²) in [7, 11) is 0. The summed E-state index contributed by atoms with van der Waals surface area (Å²) in [6, 6.07) is 10.1. The molecule has 0 radical (unpaired) electrons. The molecular weight excluding hydrogens is 198 g/mol. The van der Waals surface area contributed by atoms with E-state index in [0.717, 1.165) is 22.8 Å². The van der Waals surface area contributed by atoms with Crippen LogP contribution in [0.4, 0.5) is 0 Å². The van der Waals surface area contributed by atoms with Crippen LogP contribution in [0, 0.1) is 11.3 Å². The summed E-state index contributed by atoms with van der Waals surface area (Å²) in [5.74, 6) is 0. The van der Waals surface area contributed by atoms with E-state index in [2.05, 4.69) is 11.1 Å². The molecule has 2 aliphatic rings. The van der Waals surface area contributed by atoms with Crippen molar-refractivity contribution in [1.29, 1.82) is 5.26 Å². The molecule has 16 heavy (non-hydrogen) atoms. The zero-order valence-corrected chi connectivity index (χ0v) is 8.59. The molecule has 2 aliphatic heterocycles. The minimum absolute atomic E-state index is 0.702. The fraction of sp³-hybridized carbons (Fsp3) is 0.0769. The second kappa shape index (κ2) is 3.35. The molecule has 3 nitrogen and oxygen atoms in total. The second-order valence-electron chi connectivity index (χ2n) is 3.71. The third kappa shape index (κ3) is 1.24. The molecule has 1 aromatic carbocycles. The molecule has 0 fully saturated rings. The molecule has 0 unspecified atom stereocenters. The maximum absolute atomic E-state index is 8.97. The van der Waals surface area contributed by atoms with Gasteiger partial charge in [-0.15, -0.1) is 0 Å². The van der Waals surface area contributed by atoms with Crippen molar-refractivity contribution < 1.29 is 0 Å². The quantitative estimate of drug-likeness (QED) is 0.627. The number of para-hydroxylation sites is 1. The topological polar surface area (TPSA) is 39.4 Å². The lowest BCUT2D eigenvalue weighted by molar-refractivity contribution is 0.601. The van der Waals surface area contributed by atoms with Crippen LogP contribution in [0.25, 0.3) is 6.20 Å². The molecule has 0 amide bonds. The van der Waals surface area contributed by atoms with E-state index >= 15 is 0 Å². The first-order valence-corrected chi connectivity index (χ1v) is 5.11. The smallest absolute Gasteiger partial charge is 0.101 e. The molecule has 0 N–H and O–H groups in total. The van der Waals surface area contributed by atoms with Crippen LogP contribution < -0.4 is 10.6 Å². The van der Waals surface area contributed by atoms with Gasteiger partial charge in [0.15, 0.2) is 0 Å². The van der Waals surface area contributed by atoms with Gasteiger partial charge in [0.05, 0.1) is 22.8 Å². The molecule has 2 heterocycles. The van der Waals surface area contributed by atoms with Gasteiger partial charge in [-0.3, -0.25) is 4.99 Å². The lowest BCUT2D eigenvalue weighted by atomic mass is 10.2. The number of fused-ring (bicyclic) bond motifs is 2. The van der Waals surface area contributed by atoms with E-state index in [1.54, 1.807) is 6.20 Å². The zero-order chi connectivity index (χ0) is 11.0. The number of nitriles is 1. The lowest BCUT2D eigenvalue weighted by Gasteiger charge is -2.12. The first-order chi connectivity index (χ1) is 7.88. The Bertz CT molecular complexity index is 659. The van der Waals surface area contributed by atoms with Crippen LogP contribution in [0.2, 0.25) is 0 Å². The highest BCUT2D eigenvalue weighted by Gasteiger charge is 2.18. The molecule has 0 atom stereocenters. The standard InChI is InChI=1S/C13H9N3/c14-7-10-5-6-16-9-11-3-1-2-4-12(11)15-8-13(10)16/h1-5,8-9H,6H2. The predicted octanol–water partition coefficient (Wildman–Crippen LogP) is 0.665. The SMILES string of the molecule is N#CC1=CCN2C=c3ccccc3=NC=C12. The molecule has 0 aromatic heterocycles. The van der Waals surface area contributed by atoms with Gasteiger partial charge >= 0.3 is 0 Å². The van der Waals surface area contributed by atoms with Crippen molar-refractivity contribution in [3.63, 3.8) is 0 Å². The highest BCUT2D eigenvalue weighted by molar-refractivity contribution is 5.50. The van der Waals surface area contributed by atoms with Crippen molar-refractivity contribution in [1.82, 2.24) is 4.90 Å². The van der Waals surface area contributed by atoms with Gasteiger partial charge < -0.3 is 4.90 Å². The number of hydrogen-bond donors (Lipinski definition) is 0. The van der Waals surface area contributed by atoms with Crippen molar-refractivity contribution in [2.75, 3.05) is 6.54 Å². The second-order valence-corrected chi connectivity index (χ2v) is 3.71. The van der Waals surface area contributed by atoms with Crippen molar-refractivity contribution in [2.45, 2.75) is 0 Å². The molecule has 0 bridgehead atoms. The highest BCUT2D eigenvalue weighted by atomic mass is 15.1. The summed E-state index contributed by atoms with van der Waals surface area (Å²) >= 11 is 0. The molecular formula is C13H9N3. The van der Waals surface area contributed by atoms with Crippen LogP contribution in [-0.4, -0.2) is 11.4 Å². The van der Waals surface area contributed by atoms with Gasteiger partial charge in [0.25, 0.3) is 0 Å². The number of rotatable bonds is 0. The Labute approximate surface area is 93.0 Å². The molecule has 0 saturated heterocycles. The van der Waals surface area contributed by atoms with Gasteiger partial charge in [0.2, 0.25) is 0 Å². The van der Waals surface area contributed by atoms with Crippen LogP contribution in [0.3, 0.4) is 0 Å². The van der Waals surface area contributed by atoms with Crippen LogP contribution in [0.15, 0.2) is 52.8 Å². The van der Waals surface area contributed by atoms with Gasteiger partial charge in [-0.05, 0) is 12.1 Å². The maximum Gasteiger partial charge on any atom is 0.101 e. The Morgan fingerprint density at radius 1 is 1.31 bits per heavy atom. The van der Waals surface area contributed by atoms with Gasteiger partial charge in [-0.2, -0.15) is 5.26 Å². The molecule has 1 aromatic rings. The van der Waals surface area contributed by atoms with Crippen LogP contribution >= 0.6 is 0 Å². The molecule has 0 aliphatic carbocycles. The van der Waals surface area contributed by atoms with E-state index < -0.39 is 0 Å². The Balaban J connectivity index is 2.23. The molecule has 3 rings (SSSR count). The number of nitrogens with zero attached hydrogens (tertiary/aromatic N) is 3. The van der Waals surface area contributed by atoms with E-state index in [4.69, 9.17) is 5.26 Å². The lowest BCUT2D eigenvalue weighted by Crippen LogP contribution is -2.26. The van der Waals surface area contributed by atoms with E-state index in [1.165, 1.54) is 0 Å². The third-order valence-electron chi connectivity index (χ3n) is 2.76. The monoisotopic (exact) mass is 207 g/mol. The molecule has 76 valence electrons. The average Bonchev–Trinajstić information content (AvgIpc) is 2.61. The number of hydrogen-bond acceptors (Lipinski definition) is 3. The predicted molar refractivity (Wildman–Crippen MR) is 60.2 cm³/mol. The van der Waals surface area contributed by atoms with Crippen molar-refractivity contribution in [3.05, 3.63) is 58.4 Å². The summed E-state index contributed by atoms with van der Waals surface area (Å²) in [5.41, 5.74) is 1.59. The van der Waals surface area contributed by atoms with E-state index in [1.807, 2.05) is 41.4 Å². The van der Waals surface area contributed by atoms with Crippen LogP contribution in [0.1, 0.15) is 0 Å². The Morgan fingerprint density at radius 3 is 3.06 bits per heavy atom. The fourth-order valence-corrected chi connectivity index (χ4v) is 1.93. The van der Waals surface area contributed by atoms with Crippen molar-refractivity contribution in [3.8, 4) is 6.07 Å². The Morgan fingerprint density at radius 2 is 2.19 bits per heavy atom. The summed E-state index contributed by atoms with van der Waals surface area (Å²) in [5, 5.41) is 11.0. The molecule has 3 heteroatoms. The van der Waals surface area contributed by atoms with Gasteiger partial charge in [-0.1, -0.05) is 18.2 Å². The summed E-state index contributed by atoms with van der Waals surface area (Å²) in [6.45, 7) is 0.749. The number of benzene rings is 1. The van der Waals surface area contributed by atoms with Crippen molar-refractivity contribution >= 4 is 6.20 Å². The summed E-state index contributed by atoms with van der Waals surface area (Å²) in [4.78, 5) is 6.45. The molecule has 0 spiro atoms. The zero-order valence-electron chi connectivity index (χ0n) is 8.59. The summed E-state index contributed by atoms with van der Waals surface area (Å²) < 4.78 is 0. The van der Waals surface area contributed by atoms with Gasteiger partial charge in [-0.25, -0.2) is 0 Å². The first kappa shape index (κ1) is 8.93. The van der Waals surface area contributed by atoms with Gasteiger partial charge in [0, 0.05) is 18.0 Å². The minimum Gasteiger partial charge on any atom is -0.341 e. The minimum atomic E-state index is 0.702. The largest absolute Gasteiger partial charge is 0.341 e. The first-order valence-electron chi connectivity index (χ1n) is 5.11. The Hall–Kier alpha value is -2.34.